The van der Waals surface area contributed by atoms with Crippen LogP contribution in [0, 0.1) is 16.7 Å². The van der Waals surface area contributed by atoms with Gasteiger partial charge in [-0.3, -0.25) is 0 Å². The summed E-state index contributed by atoms with van der Waals surface area (Å²) in [5, 5.41) is 51.0. The van der Waals surface area contributed by atoms with Crippen molar-refractivity contribution >= 4 is 0 Å². The van der Waals surface area contributed by atoms with Gasteiger partial charge in [-0.2, -0.15) is 0 Å². The average Bonchev–Trinajstić information content (AvgIpc) is 2.86. The third kappa shape index (κ3) is 11.7. The Kier molecular flexibility index (Phi) is 20.4. The lowest BCUT2D eigenvalue weighted by Crippen LogP contribution is -2.50. The largest absolute Gasteiger partial charge is 0.396 e. The summed E-state index contributed by atoms with van der Waals surface area (Å²) in [7, 11) is 0. The van der Waals surface area contributed by atoms with Gasteiger partial charge >= 0.3 is 0 Å². The summed E-state index contributed by atoms with van der Waals surface area (Å²) in [5.41, 5.74) is -0.746. The molecule has 0 saturated heterocycles. The molecule has 0 spiro atoms. The third-order valence-electron chi connectivity index (χ3n) is 9.57. The fourth-order valence-electron chi connectivity index (χ4n) is 7.63. The van der Waals surface area contributed by atoms with E-state index in [4.69, 9.17) is 0 Å². The van der Waals surface area contributed by atoms with E-state index in [0.29, 0.717) is 32.1 Å². The van der Waals surface area contributed by atoms with Gasteiger partial charge in [0.15, 0.2) is 0 Å². The summed E-state index contributed by atoms with van der Waals surface area (Å²) in [6.45, 7) is 0.244. The van der Waals surface area contributed by atoms with Crippen molar-refractivity contribution in [1.29, 1.82) is 0 Å². The molecule has 0 aromatic carbocycles. The van der Waals surface area contributed by atoms with E-state index in [1.807, 2.05) is 0 Å². The van der Waals surface area contributed by atoms with Gasteiger partial charge in [0, 0.05) is 33.0 Å². The molecule has 0 radical (unpaired) electrons. The molecular formula is C31H62O5. The van der Waals surface area contributed by atoms with E-state index in [-0.39, 0.29) is 44.4 Å². The normalized spacial score (nSPS) is 24.1. The zero-order valence-corrected chi connectivity index (χ0v) is 23.6. The highest BCUT2D eigenvalue weighted by molar-refractivity contribution is 5.01. The van der Waals surface area contributed by atoms with Gasteiger partial charge < -0.3 is 25.5 Å². The molecule has 5 nitrogen and oxygen atoms in total. The van der Waals surface area contributed by atoms with E-state index in [1.165, 1.54) is 83.5 Å². The molecule has 1 aliphatic rings. The Morgan fingerprint density at radius 1 is 0.417 bits per heavy atom. The van der Waals surface area contributed by atoms with E-state index in [9.17, 15) is 25.5 Å². The number of aliphatic hydroxyl groups excluding tert-OH is 5. The zero-order chi connectivity index (χ0) is 26.4. The molecule has 5 N–H and O–H groups in total. The number of hydrogen-bond donors (Lipinski definition) is 5. The molecule has 1 fully saturated rings. The van der Waals surface area contributed by atoms with Gasteiger partial charge in [-0.1, -0.05) is 103 Å². The topological polar surface area (TPSA) is 101 Å². The predicted molar refractivity (Wildman–Crippen MR) is 150 cm³/mol. The van der Waals surface area contributed by atoms with Crippen LogP contribution < -0.4 is 0 Å². The Morgan fingerprint density at radius 3 is 1.14 bits per heavy atom. The van der Waals surface area contributed by atoms with Crippen LogP contribution in [-0.2, 0) is 0 Å². The summed E-state index contributed by atoms with van der Waals surface area (Å²) >= 11 is 0. The van der Waals surface area contributed by atoms with Gasteiger partial charge in [-0.25, -0.2) is 0 Å². The van der Waals surface area contributed by atoms with E-state index in [0.717, 1.165) is 32.1 Å². The summed E-state index contributed by atoms with van der Waals surface area (Å²) in [6, 6.07) is 0. The number of aliphatic hydroxyl groups is 5. The number of rotatable bonds is 10. The van der Waals surface area contributed by atoms with Gasteiger partial charge in [0.25, 0.3) is 0 Å². The molecule has 1 aliphatic carbocycles. The average molecular weight is 515 g/mol. The van der Waals surface area contributed by atoms with Gasteiger partial charge in [0.05, 0.1) is 0 Å². The third-order valence-corrected chi connectivity index (χ3v) is 9.57. The van der Waals surface area contributed by atoms with E-state index in [2.05, 4.69) is 0 Å². The first-order chi connectivity index (χ1) is 17.7. The van der Waals surface area contributed by atoms with Crippen LogP contribution >= 0.6 is 0 Å². The highest BCUT2D eigenvalue weighted by Crippen LogP contribution is 2.59. The molecule has 36 heavy (non-hydrogen) atoms. The molecule has 216 valence electrons. The fraction of sp³-hybridized carbons (Fsp3) is 1.00. The molecule has 1 unspecified atom stereocenters. The Morgan fingerprint density at radius 2 is 0.778 bits per heavy atom. The first kappa shape index (κ1) is 33.8. The maximum atomic E-state index is 10.3. The predicted octanol–water partition coefficient (Wildman–Crippen LogP) is 6.52. The highest BCUT2D eigenvalue weighted by Gasteiger charge is 2.52. The highest BCUT2D eigenvalue weighted by atomic mass is 16.3. The van der Waals surface area contributed by atoms with Crippen molar-refractivity contribution in [3.05, 3.63) is 0 Å². The second-order valence-electron chi connectivity index (χ2n) is 11.7. The van der Waals surface area contributed by atoms with Crippen molar-refractivity contribution in [3.63, 3.8) is 0 Å². The molecule has 1 atom stereocenters. The van der Waals surface area contributed by atoms with Crippen LogP contribution in [0.15, 0.2) is 0 Å². The molecule has 5 heteroatoms. The van der Waals surface area contributed by atoms with Gasteiger partial charge in [-0.15, -0.1) is 0 Å². The minimum absolute atomic E-state index is 0.0283. The lowest BCUT2D eigenvalue weighted by molar-refractivity contribution is -0.100. The van der Waals surface area contributed by atoms with Crippen LogP contribution in [0.5, 0.6) is 0 Å². The summed E-state index contributed by atoms with van der Waals surface area (Å²) in [4.78, 5) is 0. The van der Waals surface area contributed by atoms with Crippen LogP contribution in [0.4, 0.5) is 0 Å². The summed E-state index contributed by atoms with van der Waals surface area (Å²) in [5.74, 6) is 0.161. The van der Waals surface area contributed by atoms with E-state index >= 15 is 0 Å². The molecule has 1 rings (SSSR count). The minimum Gasteiger partial charge on any atom is -0.396 e. The quantitative estimate of drug-likeness (QED) is 0.228. The van der Waals surface area contributed by atoms with Crippen molar-refractivity contribution in [2.24, 2.45) is 16.7 Å². The first-order valence-electron chi connectivity index (χ1n) is 15.7. The summed E-state index contributed by atoms with van der Waals surface area (Å²) < 4.78 is 0. The van der Waals surface area contributed by atoms with Crippen molar-refractivity contribution in [2.45, 2.75) is 148 Å². The molecule has 0 aliphatic heterocycles. The Balaban J connectivity index is 3.19. The van der Waals surface area contributed by atoms with Crippen LogP contribution in [-0.4, -0.2) is 58.6 Å². The summed E-state index contributed by atoms with van der Waals surface area (Å²) in [6.07, 6.45) is 25.2. The van der Waals surface area contributed by atoms with Crippen LogP contribution in [0.25, 0.3) is 0 Å². The van der Waals surface area contributed by atoms with Crippen LogP contribution in [0.2, 0.25) is 0 Å². The fourth-order valence-corrected chi connectivity index (χ4v) is 7.63. The van der Waals surface area contributed by atoms with Gasteiger partial charge in [-0.05, 0) is 61.7 Å². The Labute approximate surface area is 223 Å². The second-order valence-corrected chi connectivity index (χ2v) is 11.7. The lowest BCUT2D eigenvalue weighted by atomic mass is 9.49. The number of hydrogen-bond acceptors (Lipinski definition) is 5. The minimum atomic E-state index is -0.399. The SMILES string of the molecule is OCCC1CCCCCCCCCCCCCCCCCCC(CCO)(CCO)C1(CCO)CCO. The van der Waals surface area contributed by atoms with E-state index < -0.39 is 5.41 Å². The Hall–Kier alpha value is -0.200. The lowest BCUT2D eigenvalue weighted by Gasteiger charge is -2.56. The standard InChI is InChI=1S/C31H62O5/c32-24-18-29-17-15-13-11-9-7-5-3-1-2-4-6-8-10-12-14-16-19-30(20-25-33,21-26-34)31(29,22-27-35)23-28-36/h29,32-36H,1-28H2. The van der Waals surface area contributed by atoms with Crippen molar-refractivity contribution in [1.82, 2.24) is 0 Å². The maximum absolute atomic E-state index is 10.3. The van der Waals surface area contributed by atoms with Crippen molar-refractivity contribution in [2.75, 3.05) is 33.0 Å². The first-order valence-corrected chi connectivity index (χ1v) is 15.7. The van der Waals surface area contributed by atoms with Crippen molar-refractivity contribution < 1.29 is 25.5 Å². The second kappa shape index (κ2) is 21.7. The van der Waals surface area contributed by atoms with Gasteiger partial charge in [0.1, 0.15) is 0 Å². The molecule has 0 heterocycles. The molecule has 0 aromatic rings. The van der Waals surface area contributed by atoms with Crippen molar-refractivity contribution in [3.8, 4) is 0 Å². The van der Waals surface area contributed by atoms with Crippen LogP contribution in [0.3, 0.4) is 0 Å². The zero-order valence-electron chi connectivity index (χ0n) is 23.6. The van der Waals surface area contributed by atoms with Gasteiger partial charge in [0.2, 0.25) is 0 Å². The molecular weight excluding hydrogens is 452 g/mol. The maximum Gasteiger partial charge on any atom is 0.0436 e. The molecule has 0 aromatic heterocycles. The monoisotopic (exact) mass is 514 g/mol. The van der Waals surface area contributed by atoms with E-state index in [1.54, 1.807) is 0 Å². The smallest absolute Gasteiger partial charge is 0.0436 e. The molecule has 1 saturated carbocycles. The van der Waals surface area contributed by atoms with Crippen LogP contribution in [0.1, 0.15) is 148 Å². The Bertz CT molecular complexity index is 472. The molecule has 0 amide bonds. The molecule has 0 bridgehead atoms.